The molecule has 4 aromatic rings. The van der Waals surface area contributed by atoms with Gasteiger partial charge in [0, 0.05) is 52.9 Å². The molecule has 0 amide bonds. The molecule has 1 saturated heterocycles. The number of aliphatic hydroxyl groups is 1. The van der Waals surface area contributed by atoms with Crippen LogP contribution in [0.1, 0.15) is 56.3 Å². The fourth-order valence-corrected chi connectivity index (χ4v) is 5.88. The Morgan fingerprint density at radius 2 is 1.57 bits per heavy atom. The quantitative estimate of drug-likeness (QED) is 0.345. The minimum Gasteiger partial charge on any atom is -0.396 e. The third-order valence-corrected chi connectivity index (χ3v) is 8.42. The molecule has 1 atom stereocenters. The first-order valence-electron chi connectivity index (χ1n) is 14.6. The van der Waals surface area contributed by atoms with Crippen LogP contribution in [-0.4, -0.2) is 61.5 Å². The van der Waals surface area contributed by atoms with E-state index in [1.807, 2.05) is 4.57 Å². The van der Waals surface area contributed by atoms with Gasteiger partial charge in [0.15, 0.2) is 11.2 Å². The molecule has 1 N–H and O–H groups in total. The van der Waals surface area contributed by atoms with Gasteiger partial charge < -0.3 is 10.0 Å². The molecule has 0 radical (unpaired) electrons. The molecule has 0 bridgehead atoms. The van der Waals surface area contributed by atoms with Crippen LogP contribution in [0.2, 0.25) is 0 Å². The van der Waals surface area contributed by atoms with Crippen LogP contribution >= 0.6 is 0 Å². The normalized spacial score (nSPS) is 15.5. The highest BCUT2D eigenvalue weighted by Crippen LogP contribution is 2.31. The monoisotopic (exact) mass is 576 g/mol. The summed E-state index contributed by atoms with van der Waals surface area (Å²) in [5.41, 5.74) is 3.28. The molecule has 1 aliphatic heterocycles. The maximum atomic E-state index is 13.6. The maximum Gasteiger partial charge on any atom is 0.332 e. The number of piperazine rings is 1. The van der Waals surface area contributed by atoms with Crippen LogP contribution < -0.4 is 16.1 Å². The third kappa shape index (κ3) is 5.78. The Morgan fingerprint density at radius 3 is 2.17 bits per heavy atom. The molecule has 9 nitrogen and oxygen atoms in total. The van der Waals surface area contributed by atoms with Gasteiger partial charge in [0.25, 0.3) is 5.56 Å². The number of imidazole rings is 1. The lowest BCUT2D eigenvalue weighted by Gasteiger charge is -2.40. The molecule has 1 fully saturated rings. The van der Waals surface area contributed by atoms with Crippen LogP contribution in [0.5, 0.6) is 0 Å². The number of benzene rings is 2. The average molecular weight is 577 g/mol. The Morgan fingerprint density at radius 1 is 0.929 bits per heavy atom. The van der Waals surface area contributed by atoms with Crippen LogP contribution in [0.3, 0.4) is 0 Å². The molecule has 3 heterocycles. The third-order valence-electron chi connectivity index (χ3n) is 8.42. The van der Waals surface area contributed by atoms with Crippen molar-refractivity contribution >= 4 is 17.1 Å². The molecule has 0 saturated carbocycles. The highest BCUT2D eigenvalue weighted by Gasteiger charge is 2.29. The van der Waals surface area contributed by atoms with Crippen molar-refractivity contribution in [3.8, 4) is 0 Å². The summed E-state index contributed by atoms with van der Waals surface area (Å²) in [6.07, 6.45) is 1.57. The van der Waals surface area contributed by atoms with Crippen LogP contribution in [0, 0.1) is 5.82 Å². The van der Waals surface area contributed by atoms with Gasteiger partial charge in [0.2, 0.25) is 5.95 Å². The Bertz CT molecular complexity index is 1660. The number of anilines is 1. The second-order valence-electron chi connectivity index (χ2n) is 12.3. The van der Waals surface area contributed by atoms with E-state index in [0.717, 1.165) is 36.1 Å². The van der Waals surface area contributed by atoms with Crippen LogP contribution in [0.25, 0.3) is 11.2 Å². The average Bonchev–Trinajstić information content (AvgIpc) is 3.35. The van der Waals surface area contributed by atoms with Gasteiger partial charge in [-0.1, -0.05) is 57.2 Å². The van der Waals surface area contributed by atoms with Crippen molar-refractivity contribution in [2.75, 3.05) is 37.7 Å². The number of nitrogens with zero attached hydrogens (tertiary/aromatic N) is 6. The first kappa shape index (κ1) is 29.7. The zero-order valence-electron chi connectivity index (χ0n) is 25.2. The summed E-state index contributed by atoms with van der Waals surface area (Å²) < 4.78 is 18.0. The number of aromatic nitrogens is 4. The zero-order valence-corrected chi connectivity index (χ0v) is 25.2. The number of hydrogen-bond donors (Lipinski definition) is 1. The summed E-state index contributed by atoms with van der Waals surface area (Å²) in [4.78, 5) is 35.5. The standard InChI is InChI=1S/C32H41FN6O3/c1-32(2,3)24-12-10-23(11-13-24)26(7-6-20-40)37-16-18-38(19-17-37)30-34-28-27(29(41)36(5)31(42)35(28)4)39(30)21-22-8-14-25(33)15-9-22/h8-15,26,40H,6-7,16-21H2,1-5H3. The van der Waals surface area contributed by atoms with Crippen LogP contribution in [-0.2, 0) is 26.1 Å². The van der Waals surface area contributed by atoms with E-state index < -0.39 is 11.2 Å². The largest absolute Gasteiger partial charge is 0.396 e. The summed E-state index contributed by atoms with van der Waals surface area (Å²) in [5, 5.41) is 9.61. The number of rotatable bonds is 8. The molecule has 10 heteroatoms. The van der Waals surface area contributed by atoms with E-state index in [2.05, 4.69) is 54.8 Å². The fraction of sp³-hybridized carbons (Fsp3) is 0.469. The van der Waals surface area contributed by atoms with E-state index in [4.69, 9.17) is 4.98 Å². The SMILES string of the molecule is Cn1c(=O)c2c(nc(N3CCN(C(CCCO)c4ccc(C(C)(C)C)cc4)CC3)n2Cc2ccc(F)cc2)n(C)c1=O. The van der Waals surface area contributed by atoms with Gasteiger partial charge in [-0.05, 0) is 47.1 Å². The van der Waals surface area contributed by atoms with E-state index in [0.29, 0.717) is 36.7 Å². The molecular weight excluding hydrogens is 535 g/mol. The molecule has 2 aromatic heterocycles. The van der Waals surface area contributed by atoms with Gasteiger partial charge in [-0.25, -0.2) is 9.18 Å². The lowest BCUT2D eigenvalue weighted by atomic mass is 9.86. The first-order valence-corrected chi connectivity index (χ1v) is 14.6. The van der Waals surface area contributed by atoms with Gasteiger partial charge in [-0.3, -0.25) is 23.4 Å². The van der Waals surface area contributed by atoms with Gasteiger partial charge in [0.05, 0.1) is 6.54 Å². The molecule has 1 unspecified atom stereocenters. The van der Waals surface area contributed by atoms with Crippen molar-refractivity contribution < 1.29 is 9.50 Å². The van der Waals surface area contributed by atoms with Crippen molar-refractivity contribution in [3.05, 3.63) is 91.9 Å². The van der Waals surface area contributed by atoms with Crippen LogP contribution in [0.15, 0.2) is 58.1 Å². The van der Waals surface area contributed by atoms with Gasteiger partial charge in [0.1, 0.15) is 5.82 Å². The van der Waals surface area contributed by atoms with Crippen molar-refractivity contribution in [3.63, 3.8) is 0 Å². The molecule has 224 valence electrons. The topological polar surface area (TPSA) is 88.5 Å². The maximum absolute atomic E-state index is 13.6. The van der Waals surface area contributed by atoms with E-state index in [1.54, 1.807) is 19.2 Å². The van der Waals surface area contributed by atoms with Gasteiger partial charge in [-0.2, -0.15) is 4.98 Å². The van der Waals surface area contributed by atoms with E-state index in [1.165, 1.54) is 34.9 Å². The van der Waals surface area contributed by atoms with Gasteiger partial charge in [-0.15, -0.1) is 0 Å². The molecule has 42 heavy (non-hydrogen) atoms. The van der Waals surface area contributed by atoms with E-state index >= 15 is 0 Å². The summed E-state index contributed by atoms with van der Waals surface area (Å²) in [7, 11) is 3.09. The van der Waals surface area contributed by atoms with E-state index in [-0.39, 0.29) is 23.9 Å². The minimum atomic E-state index is -0.431. The van der Waals surface area contributed by atoms with Crippen LogP contribution in [0.4, 0.5) is 10.3 Å². The Kier molecular flexibility index (Phi) is 8.39. The highest BCUT2D eigenvalue weighted by molar-refractivity contribution is 5.75. The Labute approximate surface area is 245 Å². The molecule has 2 aromatic carbocycles. The molecular formula is C32H41FN6O3. The fourth-order valence-electron chi connectivity index (χ4n) is 5.88. The summed E-state index contributed by atoms with van der Waals surface area (Å²) in [6.45, 7) is 10.00. The number of halogens is 1. The lowest BCUT2D eigenvalue weighted by Crippen LogP contribution is -2.48. The van der Waals surface area contributed by atoms with Crippen molar-refractivity contribution in [1.29, 1.82) is 0 Å². The van der Waals surface area contributed by atoms with Gasteiger partial charge >= 0.3 is 5.69 Å². The molecule has 1 aliphatic rings. The number of aliphatic hydroxyl groups excluding tert-OH is 1. The second-order valence-corrected chi connectivity index (χ2v) is 12.3. The second kappa shape index (κ2) is 11.9. The number of fused-ring (bicyclic) bond motifs is 1. The smallest absolute Gasteiger partial charge is 0.332 e. The zero-order chi connectivity index (χ0) is 30.2. The van der Waals surface area contributed by atoms with E-state index in [9.17, 15) is 19.1 Å². The Hall–Kier alpha value is -3.76. The summed E-state index contributed by atoms with van der Waals surface area (Å²) >= 11 is 0. The minimum absolute atomic E-state index is 0.0780. The summed E-state index contributed by atoms with van der Waals surface area (Å²) in [6, 6.07) is 15.2. The highest BCUT2D eigenvalue weighted by atomic mass is 19.1. The predicted molar refractivity (Wildman–Crippen MR) is 164 cm³/mol. The molecule has 0 aliphatic carbocycles. The number of hydrogen-bond acceptors (Lipinski definition) is 6. The predicted octanol–water partition coefficient (Wildman–Crippen LogP) is 3.55. The van der Waals surface area contributed by atoms with Crippen molar-refractivity contribution in [2.45, 2.75) is 51.6 Å². The number of aryl methyl sites for hydroxylation is 1. The Balaban J connectivity index is 1.46. The molecule has 5 rings (SSSR count). The molecule has 0 spiro atoms. The lowest BCUT2D eigenvalue weighted by molar-refractivity contribution is 0.163. The van der Waals surface area contributed by atoms with Crippen molar-refractivity contribution in [2.24, 2.45) is 14.1 Å². The first-order chi connectivity index (χ1) is 20.0. The van der Waals surface area contributed by atoms with Crippen molar-refractivity contribution in [1.82, 2.24) is 23.6 Å². The summed E-state index contributed by atoms with van der Waals surface area (Å²) in [5.74, 6) is 0.293.